The van der Waals surface area contributed by atoms with Gasteiger partial charge in [0.25, 0.3) is 0 Å². The summed E-state index contributed by atoms with van der Waals surface area (Å²) >= 11 is 0. The van der Waals surface area contributed by atoms with Gasteiger partial charge in [-0.15, -0.1) is 0 Å². The zero-order chi connectivity index (χ0) is 11.6. The van der Waals surface area contributed by atoms with Crippen LogP contribution in [-0.4, -0.2) is 36.0 Å². The van der Waals surface area contributed by atoms with E-state index >= 15 is 0 Å². The molecule has 3 heteroatoms. The standard InChI is InChI=1S/C12H24N2O/c1-8(2)11-6-13-7-12(9(3)4)14(11)10(5)15/h8-9,11-13H,6-7H2,1-5H3. The van der Waals surface area contributed by atoms with Crippen LogP contribution < -0.4 is 5.32 Å². The number of hydrogen-bond acceptors (Lipinski definition) is 2. The van der Waals surface area contributed by atoms with E-state index in [2.05, 4.69) is 37.9 Å². The van der Waals surface area contributed by atoms with Crippen LogP contribution in [0.15, 0.2) is 0 Å². The quantitative estimate of drug-likeness (QED) is 0.752. The normalized spacial score (nSPS) is 27.5. The smallest absolute Gasteiger partial charge is 0.220 e. The van der Waals surface area contributed by atoms with Gasteiger partial charge in [0.2, 0.25) is 5.91 Å². The van der Waals surface area contributed by atoms with E-state index < -0.39 is 0 Å². The Labute approximate surface area is 93.2 Å². The molecule has 2 atom stereocenters. The lowest BCUT2D eigenvalue weighted by Crippen LogP contribution is -2.62. The van der Waals surface area contributed by atoms with Crippen molar-refractivity contribution < 1.29 is 4.79 Å². The van der Waals surface area contributed by atoms with E-state index in [9.17, 15) is 4.79 Å². The number of carbonyl (C=O) groups is 1. The predicted octanol–water partition coefficient (Wildman–Crippen LogP) is 1.49. The van der Waals surface area contributed by atoms with Gasteiger partial charge in [-0.25, -0.2) is 0 Å². The summed E-state index contributed by atoms with van der Waals surface area (Å²) in [5.41, 5.74) is 0. The molecule has 3 nitrogen and oxygen atoms in total. The SMILES string of the molecule is CC(=O)N1C(C(C)C)CNCC1C(C)C. The molecule has 15 heavy (non-hydrogen) atoms. The molecule has 0 aromatic rings. The Hall–Kier alpha value is -0.570. The van der Waals surface area contributed by atoms with Crippen molar-refractivity contribution in [2.24, 2.45) is 11.8 Å². The maximum Gasteiger partial charge on any atom is 0.220 e. The van der Waals surface area contributed by atoms with E-state index in [1.807, 2.05) is 0 Å². The molecule has 1 rings (SSSR count). The number of nitrogens with one attached hydrogen (secondary N) is 1. The summed E-state index contributed by atoms with van der Waals surface area (Å²) in [7, 11) is 0. The van der Waals surface area contributed by atoms with Crippen LogP contribution >= 0.6 is 0 Å². The lowest BCUT2D eigenvalue weighted by atomic mass is 9.92. The average Bonchev–Trinajstić information content (AvgIpc) is 2.16. The molecule has 2 unspecified atom stereocenters. The van der Waals surface area contributed by atoms with Crippen molar-refractivity contribution in [3.63, 3.8) is 0 Å². The van der Waals surface area contributed by atoms with E-state index in [4.69, 9.17) is 0 Å². The minimum absolute atomic E-state index is 0.217. The van der Waals surface area contributed by atoms with Gasteiger partial charge in [0.05, 0.1) is 0 Å². The minimum Gasteiger partial charge on any atom is -0.334 e. The molecule has 88 valence electrons. The van der Waals surface area contributed by atoms with Crippen molar-refractivity contribution >= 4 is 5.91 Å². The van der Waals surface area contributed by atoms with Gasteiger partial charge in [-0.05, 0) is 11.8 Å². The predicted molar refractivity (Wildman–Crippen MR) is 62.6 cm³/mol. The van der Waals surface area contributed by atoms with Gasteiger partial charge in [0.1, 0.15) is 0 Å². The number of hydrogen-bond donors (Lipinski definition) is 1. The van der Waals surface area contributed by atoms with Crippen LogP contribution in [0.2, 0.25) is 0 Å². The molecule has 1 N–H and O–H groups in total. The van der Waals surface area contributed by atoms with Crippen LogP contribution in [0.3, 0.4) is 0 Å². The number of nitrogens with zero attached hydrogens (tertiary/aromatic N) is 1. The molecule has 1 aliphatic heterocycles. The molecule has 1 saturated heterocycles. The highest BCUT2D eigenvalue weighted by Gasteiger charge is 2.35. The van der Waals surface area contributed by atoms with Crippen molar-refractivity contribution in [2.45, 2.75) is 46.7 Å². The summed E-state index contributed by atoms with van der Waals surface area (Å²) < 4.78 is 0. The first-order valence-corrected chi connectivity index (χ1v) is 5.94. The molecule has 1 fully saturated rings. The first-order chi connectivity index (χ1) is 6.95. The molecule has 0 bridgehead atoms. The molecule has 0 aliphatic carbocycles. The fourth-order valence-electron chi connectivity index (χ4n) is 2.40. The second-order valence-electron chi connectivity index (χ2n) is 5.21. The van der Waals surface area contributed by atoms with Crippen molar-refractivity contribution in [1.29, 1.82) is 0 Å². The lowest BCUT2D eigenvalue weighted by Gasteiger charge is -2.45. The Morgan fingerprint density at radius 2 is 1.53 bits per heavy atom. The van der Waals surface area contributed by atoms with E-state index in [0.29, 0.717) is 23.9 Å². The molecule has 0 aromatic heterocycles. The van der Waals surface area contributed by atoms with Crippen LogP contribution in [0, 0.1) is 11.8 Å². The Balaban J connectivity index is 2.85. The number of amides is 1. The van der Waals surface area contributed by atoms with Gasteiger partial charge in [0, 0.05) is 32.1 Å². The van der Waals surface area contributed by atoms with Crippen molar-refractivity contribution in [1.82, 2.24) is 10.2 Å². The third-order valence-electron chi connectivity index (χ3n) is 3.32. The summed E-state index contributed by atoms with van der Waals surface area (Å²) in [6, 6.07) is 0.701. The molecule has 1 heterocycles. The minimum atomic E-state index is 0.217. The Kier molecular flexibility index (Phi) is 4.14. The zero-order valence-corrected chi connectivity index (χ0v) is 10.6. The van der Waals surface area contributed by atoms with Gasteiger partial charge in [-0.1, -0.05) is 27.7 Å². The summed E-state index contributed by atoms with van der Waals surface area (Å²) in [5, 5.41) is 3.44. The van der Waals surface area contributed by atoms with Gasteiger partial charge in [-0.2, -0.15) is 0 Å². The molecular formula is C12H24N2O. The maximum atomic E-state index is 11.7. The highest BCUT2D eigenvalue weighted by molar-refractivity contribution is 5.74. The van der Waals surface area contributed by atoms with E-state index in [0.717, 1.165) is 13.1 Å². The third kappa shape index (κ3) is 2.71. The molecule has 1 amide bonds. The monoisotopic (exact) mass is 212 g/mol. The summed E-state index contributed by atoms with van der Waals surface area (Å²) in [4.78, 5) is 13.8. The van der Waals surface area contributed by atoms with Crippen LogP contribution in [0.25, 0.3) is 0 Å². The second-order valence-corrected chi connectivity index (χ2v) is 5.21. The maximum absolute atomic E-state index is 11.7. The highest BCUT2D eigenvalue weighted by atomic mass is 16.2. The number of carbonyl (C=O) groups excluding carboxylic acids is 1. The van der Waals surface area contributed by atoms with Gasteiger partial charge in [0.15, 0.2) is 0 Å². The van der Waals surface area contributed by atoms with E-state index in [-0.39, 0.29) is 5.91 Å². The van der Waals surface area contributed by atoms with Crippen molar-refractivity contribution in [3.05, 3.63) is 0 Å². The van der Waals surface area contributed by atoms with Gasteiger partial charge in [-0.3, -0.25) is 4.79 Å². The van der Waals surface area contributed by atoms with Crippen molar-refractivity contribution in [3.8, 4) is 0 Å². The molecular weight excluding hydrogens is 188 g/mol. The Morgan fingerprint density at radius 1 is 1.13 bits per heavy atom. The summed E-state index contributed by atoms with van der Waals surface area (Å²) in [6.45, 7) is 12.3. The second kappa shape index (κ2) is 4.97. The van der Waals surface area contributed by atoms with E-state index in [1.54, 1.807) is 6.92 Å². The molecule has 0 saturated carbocycles. The van der Waals surface area contributed by atoms with Crippen molar-refractivity contribution in [2.75, 3.05) is 13.1 Å². The summed E-state index contributed by atoms with van der Waals surface area (Å²) in [6.07, 6.45) is 0. The number of piperazine rings is 1. The zero-order valence-electron chi connectivity index (χ0n) is 10.6. The largest absolute Gasteiger partial charge is 0.334 e. The fourth-order valence-corrected chi connectivity index (χ4v) is 2.40. The molecule has 0 aromatic carbocycles. The van der Waals surface area contributed by atoms with Gasteiger partial charge < -0.3 is 10.2 Å². The highest BCUT2D eigenvalue weighted by Crippen LogP contribution is 2.21. The summed E-state index contributed by atoms with van der Waals surface area (Å²) in [5.74, 6) is 1.25. The molecule has 0 radical (unpaired) electrons. The Morgan fingerprint density at radius 3 is 1.80 bits per heavy atom. The van der Waals surface area contributed by atoms with Gasteiger partial charge >= 0.3 is 0 Å². The van der Waals surface area contributed by atoms with Crippen LogP contribution in [-0.2, 0) is 4.79 Å². The van der Waals surface area contributed by atoms with E-state index in [1.165, 1.54) is 0 Å². The fraction of sp³-hybridized carbons (Fsp3) is 0.917. The number of rotatable bonds is 2. The van der Waals surface area contributed by atoms with Crippen LogP contribution in [0.1, 0.15) is 34.6 Å². The topological polar surface area (TPSA) is 32.3 Å². The average molecular weight is 212 g/mol. The lowest BCUT2D eigenvalue weighted by molar-refractivity contribution is -0.137. The third-order valence-corrected chi connectivity index (χ3v) is 3.32. The van der Waals surface area contributed by atoms with Crippen LogP contribution in [0.5, 0.6) is 0 Å². The first-order valence-electron chi connectivity index (χ1n) is 5.94. The molecule has 1 aliphatic rings. The first kappa shape index (κ1) is 12.5. The molecule has 0 spiro atoms. The van der Waals surface area contributed by atoms with Crippen LogP contribution in [0.4, 0.5) is 0 Å². The Bertz CT molecular complexity index is 210.